The minimum atomic E-state index is -0.733. The lowest BCUT2D eigenvalue weighted by molar-refractivity contribution is 0.602. The Morgan fingerprint density at radius 3 is 2.60 bits per heavy atom. The fourth-order valence-electron chi connectivity index (χ4n) is 1.10. The zero-order valence-electron chi connectivity index (χ0n) is 7.26. The summed E-state index contributed by atoms with van der Waals surface area (Å²) in [5.41, 5.74) is 5.17. The average Bonchev–Trinajstić information content (AvgIpc) is 2.58. The number of aromatic nitrogens is 3. The van der Waals surface area contributed by atoms with Crippen LogP contribution in [0.2, 0.25) is 5.02 Å². The second-order valence-corrected chi connectivity index (χ2v) is 3.20. The molecule has 7 heteroatoms. The molecule has 0 aliphatic heterocycles. The normalized spacial score (nSPS) is 10.6. The number of aromatic amines is 1. The van der Waals surface area contributed by atoms with Crippen molar-refractivity contribution in [3.63, 3.8) is 0 Å². The van der Waals surface area contributed by atoms with Crippen LogP contribution in [0.5, 0.6) is 0 Å². The van der Waals surface area contributed by atoms with Crippen molar-refractivity contribution in [3.05, 3.63) is 28.8 Å². The number of hydrogen-bond donors (Lipinski definition) is 2. The van der Waals surface area contributed by atoms with Crippen LogP contribution in [0.3, 0.4) is 0 Å². The minimum Gasteiger partial charge on any atom is -0.366 e. The van der Waals surface area contributed by atoms with Crippen molar-refractivity contribution < 1.29 is 8.78 Å². The van der Waals surface area contributed by atoms with Crippen LogP contribution in [0.4, 0.5) is 14.7 Å². The van der Waals surface area contributed by atoms with Gasteiger partial charge >= 0.3 is 0 Å². The van der Waals surface area contributed by atoms with Gasteiger partial charge in [0.1, 0.15) is 11.6 Å². The molecule has 0 aliphatic rings. The molecule has 0 atom stereocenters. The summed E-state index contributed by atoms with van der Waals surface area (Å²) in [5, 5.41) is 5.59. The van der Waals surface area contributed by atoms with Crippen molar-refractivity contribution in [3.8, 4) is 11.4 Å². The van der Waals surface area contributed by atoms with Gasteiger partial charge in [-0.2, -0.15) is 4.98 Å². The van der Waals surface area contributed by atoms with Gasteiger partial charge in [-0.25, -0.2) is 8.78 Å². The Labute approximate surface area is 88.1 Å². The van der Waals surface area contributed by atoms with Crippen LogP contribution in [0.1, 0.15) is 0 Å². The fraction of sp³-hybridized carbons (Fsp3) is 0. The van der Waals surface area contributed by atoms with Gasteiger partial charge in [0.2, 0.25) is 5.95 Å². The molecule has 1 aromatic carbocycles. The zero-order valence-corrected chi connectivity index (χ0v) is 8.02. The molecular formula is C8H5ClF2N4. The Hall–Kier alpha value is -1.69. The minimum absolute atomic E-state index is 0.0419. The molecule has 1 heterocycles. The van der Waals surface area contributed by atoms with Crippen molar-refractivity contribution in [1.82, 2.24) is 15.2 Å². The molecule has 0 bridgehead atoms. The van der Waals surface area contributed by atoms with Gasteiger partial charge in [0, 0.05) is 0 Å². The van der Waals surface area contributed by atoms with E-state index in [0.29, 0.717) is 0 Å². The highest BCUT2D eigenvalue weighted by atomic mass is 35.5. The summed E-state index contributed by atoms with van der Waals surface area (Å²) >= 11 is 5.39. The van der Waals surface area contributed by atoms with E-state index in [-0.39, 0.29) is 22.4 Å². The lowest BCUT2D eigenvalue weighted by Crippen LogP contribution is -1.90. The first-order chi connectivity index (χ1) is 7.08. The predicted octanol–water partition coefficient (Wildman–Crippen LogP) is 1.99. The molecule has 15 heavy (non-hydrogen) atoms. The molecular weight excluding hydrogens is 226 g/mol. The number of nitrogens with two attached hydrogens (primary N) is 1. The Bertz CT molecular complexity index is 511. The summed E-state index contributed by atoms with van der Waals surface area (Å²) in [5.74, 6) is -1.42. The number of H-pyrrole nitrogens is 1. The van der Waals surface area contributed by atoms with Crippen molar-refractivity contribution in [2.24, 2.45) is 0 Å². The number of anilines is 1. The van der Waals surface area contributed by atoms with Gasteiger partial charge in [0.05, 0.1) is 10.6 Å². The van der Waals surface area contributed by atoms with E-state index in [1.165, 1.54) is 0 Å². The Balaban J connectivity index is 2.58. The van der Waals surface area contributed by atoms with Gasteiger partial charge in [0.15, 0.2) is 5.82 Å². The van der Waals surface area contributed by atoms with Gasteiger partial charge in [-0.3, -0.25) is 5.10 Å². The first-order valence-corrected chi connectivity index (χ1v) is 4.28. The van der Waals surface area contributed by atoms with Crippen molar-refractivity contribution in [2.75, 3.05) is 5.73 Å². The van der Waals surface area contributed by atoms with Gasteiger partial charge in [-0.15, -0.1) is 5.10 Å². The lowest BCUT2D eigenvalue weighted by Gasteiger charge is -2.00. The molecule has 0 radical (unpaired) electrons. The molecule has 0 unspecified atom stereocenters. The molecule has 78 valence electrons. The summed E-state index contributed by atoms with van der Waals surface area (Å²) in [4.78, 5) is 3.67. The maximum absolute atomic E-state index is 13.3. The molecule has 1 aromatic heterocycles. The molecule has 0 amide bonds. The second kappa shape index (κ2) is 3.47. The largest absolute Gasteiger partial charge is 0.366 e. The van der Waals surface area contributed by atoms with Crippen LogP contribution in [0, 0.1) is 11.6 Å². The van der Waals surface area contributed by atoms with E-state index in [4.69, 9.17) is 17.3 Å². The lowest BCUT2D eigenvalue weighted by atomic mass is 10.2. The van der Waals surface area contributed by atoms with E-state index in [1.807, 2.05) is 0 Å². The first-order valence-electron chi connectivity index (χ1n) is 3.90. The van der Waals surface area contributed by atoms with Crippen molar-refractivity contribution >= 4 is 17.5 Å². The van der Waals surface area contributed by atoms with E-state index in [2.05, 4.69) is 15.2 Å². The molecule has 2 aromatic rings. The highest BCUT2D eigenvalue weighted by Gasteiger charge is 2.13. The molecule has 2 rings (SSSR count). The first kappa shape index (κ1) is 9.85. The monoisotopic (exact) mass is 230 g/mol. The van der Waals surface area contributed by atoms with Crippen LogP contribution < -0.4 is 5.73 Å². The highest BCUT2D eigenvalue weighted by molar-refractivity contribution is 6.30. The molecule has 0 saturated heterocycles. The van der Waals surface area contributed by atoms with Crippen molar-refractivity contribution in [1.29, 1.82) is 0 Å². The van der Waals surface area contributed by atoms with E-state index < -0.39 is 11.6 Å². The Morgan fingerprint density at radius 1 is 1.27 bits per heavy atom. The molecule has 0 fully saturated rings. The number of nitrogens with zero attached hydrogens (tertiary/aromatic N) is 2. The highest BCUT2D eigenvalue weighted by Crippen LogP contribution is 2.25. The Kier molecular flexibility index (Phi) is 2.28. The molecule has 0 aliphatic carbocycles. The number of rotatable bonds is 1. The topological polar surface area (TPSA) is 67.6 Å². The van der Waals surface area contributed by atoms with Crippen LogP contribution in [0.15, 0.2) is 12.1 Å². The standard InChI is InChI=1S/C8H5ClF2N4/c9-4-2-5(10)3(1-6(4)11)7-13-8(12)15-14-7/h1-2H,(H3,12,13,14,15). The van der Waals surface area contributed by atoms with Crippen molar-refractivity contribution in [2.45, 2.75) is 0 Å². The van der Waals surface area contributed by atoms with E-state index in [1.54, 1.807) is 0 Å². The maximum Gasteiger partial charge on any atom is 0.239 e. The van der Waals surface area contributed by atoms with E-state index >= 15 is 0 Å². The van der Waals surface area contributed by atoms with Crippen LogP contribution in [-0.2, 0) is 0 Å². The summed E-state index contributed by atoms with van der Waals surface area (Å²) < 4.78 is 26.4. The van der Waals surface area contributed by atoms with Gasteiger partial charge in [0.25, 0.3) is 0 Å². The molecule has 4 nitrogen and oxygen atoms in total. The number of halogens is 3. The maximum atomic E-state index is 13.3. The van der Waals surface area contributed by atoms with E-state index in [0.717, 1.165) is 12.1 Å². The third kappa shape index (κ3) is 1.75. The van der Waals surface area contributed by atoms with Gasteiger partial charge in [-0.1, -0.05) is 11.6 Å². The number of nitrogens with one attached hydrogen (secondary N) is 1. The average molecular weight is 231 g/mol. The quantitative estimate of drug-likeness (QED) is 0.736. The number of nitrogen functional groups attached to an aromatic ring is 1. The second-order valence-electron chi connectivity index (χ2n) is 2.79. The Morgan fingerprint density at radius 2 is 2.00 bits per heavy atom. The van der Waals surface area contributed by atoms with Crippen LogP contribution in [-0.4, -0.2) is 15.2 Å². The van der Waals surface area contributed by atoms with Gasteiger partial charge in [-0.05, 0) is 12.1 Å². The summed E-state index contributed by atoms with van der Waals surface area (Å²) in [7, 11) is 0. The smallest absolute Gasteiger partial charge is 0.239 e. The summed E-state index contributed by atoms with van der Waals surface area (Å²) in [6, 6.07) is 1.79. The number of hydrogen-bond acceptors (Lipinski definition) is 3. The van der Waals surface area contributed by atoms with Crippen LogP contribution in [0.25, 0.3) is 11.4 Å². The third-order valence-electron chi connectivity index (χ3n) is 1.77. The molecule has 3 N–H and O–H groups in total. The third-order valence-corrected chi connectivity index (χ3v) is 2.06. The summed E-state index contributed by atoms with van der Waals surface area (Å²) in [6.07, 6.45) is 0. The fourth-order valence-corrected chi connectivity index (χ4v) is 1.25. The molecule has 0 spiro atoms. The predicted molar refractivity (Wildman–Crippen MR) is 51.2 cm³/mol. The van der Waals surface area contributed by atoms with Gasteiger partial charge < -0.3 is 5.73 Å². The summed E-state index contributed by atoms with van der Waals surface area (Å²) in [6.45, 7) is 0. The number of benzene rings is 1. The molecule has 0 saturated carbocycles. The van der Waals surface area contributed by atoms with E-state index in [9.17, 15) is 8.78 Å². The van der Waals surface area contributed by atoms with Crippen LogP contribution >= 0.6 is 11.6 Å². The zero-order chi connectivity index (χ0) is 11.0. The SMILES string of the molecule is Nc1n[nH]c(-c2cc(F)c(Cl)cc2F)n1.